The van der Waals surface area contributed by atoms with E-state index in [-0.39, 0.29) is 24.3 Å². The molecule has 0 spiro atoms. The summed E-state index contributed by atoms with van der Waals surface area (Å²) in [6.45, 7) is 0. The number of thioether (sulfide) groups is 1. The van der Waals surface area contributed by atoms with E-state index in [1.165, 1.54) is 11.8 Å². The van der Waals surface area contributed by atoms with Gasteiger partial charge in [-0.2, -0.15) is 10.1 Å². The van der Waals surface area contributed by atoms with Crippen molar-refractivity contribution in [2.75, 3.05) is 19.5 Å². The van der Waals surface area contributed by atoms with E-state index in [4.69, 9.17) is 26.2 Å². The molecular formula is C28H25ClN4O4S. The number of methoxy groups -OCH3 is 2. The summed E-state index contributed by atoms with van der Waals surface area (Å²) in [5.41, 5.74) is 3.41. The Labute approximate surface area is 229 Å². The number of ether oxygens (including phenoxy) is 2. The van der Waals surface area contributed by atoms with Gasteiger partial charge < -0.3 is 14.8 Å². The lowest BCUT2D eigenvalue weighted by atomic mass is 9.98. The number of nitrogens with zero attached hydrogens (tertiary/aromatic N) is 3. The van der Waals surface area contributed by atoms with Gasteiger partial charge in [0.25, 0.3) is 5.91 Å². The summed E-state index contributed by atoms with van der Waals surface area (Å²) < 4.78 is 10.5. The lowest BCUT2D eigenvalue weighted by Crippen LogP contribution is -2.25. The second kappa shape index (κ2) is 11.3. The van der Waals surface area contributed by atoms with Crippen LogP contribution < -0.4 is 14.8 Å². The van der Waals surface area contributed by atoms with Crippen LogP contribution in [0.2, 0.25) is 5.02 Å². The maximum absolute atomic E-state index is 12.8. The Hall–Kier alpha value is -3.82. The highest BCUT2D eigenvalue weighted by Crippen LogP contribution is 2.39. The number of carbonyl (C=O) groups excluding carboxylic acids is 2. The zero-order valence-electron chi connectivity index (χ0n) is 20.8. The van der Waals surface area contributed by atoms with E-state index in [1.807, 2.05) is 48.5 Å². The van der Waals surface area contributed by atoms with Crippen molar-refractivity contribution in [3.05, 3.63) is 88.9 Å². The number of amidine groups is 1. The van der Waals surface area contributed by atoms with Gasteiger partial charge in [-0.05, 0) is 59.7 Å². The quantitative estimate of drug-likeness (QED) is 0.417. The first-order chi connectivity index (χ1) is 18.4. The predicted octanol–water partition coefficient (Wildman–Crippen LogP) is 5.54. The van der Waals surface area contributed by atoms with E-state index in [9.17, 15) is 9.59 Å². The highest BCUT2D eigenvalue weighted by Gasteiger charge is 2.39. The fourth-order valence-electron chi connectivity index (χ4n) is 4.27. The first-order valence-electron chi connectivity index (χ1n) is 11.9. The maximum atomic E-state index is 12.8. The van der Waals surface area contributed by atoms with Crippen molar-refractivity contribution in [1.82, 2.24) is 5.01 Å². The molecule has 10 heteroatoms. The van der Waals surface area contributed by atoms with Gasteiger partial charge in [-0.3, -0.25) is 9.59 Å². The smallest absolute Gasteiger partial charge is 0.262 e. The zero-order chi connectivity index (χ0) is 26.6. The van der Waals surface area contributed by atoms with Crippen LogP contribution >= 0.6 is 23.4 Å². The Morgan fingerprint density at radius 2 is 1.79 bits per heavy atom. The van der Waals surface area contributed by atoms with Crippen molar-refractivity contribution < 1.29 is 19.1 Å². The Morgan fingerprint density at radius 3 is 2.50 bits per heavy atom. The van der Waals surface area contributed by atoms with Crippen molar-refractivity contribution in [1.29, 1.82) is 0 Å². The first kappa shape index (κ1) is 25.8. The Morgan fingerprint density at radius 1 is 1.05 bits per heavy atom. The van der Waals surface area contributed by atoms with Gasteiger partial charge in [-0.15, -0.1) is 0 Å². The Bertz CT molecular complexity index is 1410. The number of anilines is 1. The third kappa shape index (κ3) is 5.69. The summed E-state index contributed by atoms with van der Waals surface area (Å²) in [6.07, 6.45) is 0.602. The molecule has 0 unspecified atom stereocenters. The Balaban J connectivity index is 1.34. The number of nitrogens with one attached hydrogen (secondary N) is 1. The minimum absolute atomic E-state index is 0.0117. The summed E-state index contributed by atoms with van der Waals surface area (Å²) in [6, 6.07) is 22.2. The molecule has 0 bridgehead atoms. The average Bonchev–Trinajstić information content (AvgIpc) is 3.53. The lowest BCUT2D eigenvalue weighted by Gasteiger charge is -2.23. The zero-order valence-corrected chi connectivity index (χ0v) is 22.3. The second-order valence-corrected chi connectivity index (χ2v) is 10.3. The molecule has 0 radical (unpaired) electrons. The number of aliphatic imine (C=N–C) groups is 1. The van der Waals surface area contributed by atoms with Crippen LogP contribution in [0.25, 0.3) is 0 Å². The summed E-state index contributed by atoms with van der Waals surface area (Å²) in [4.78, 5) is 29.8. The molecular weight excluding hydrogens is 524 g/mol. The standard InChI is InChI=1S/C28H25ClN4O4S/c1-36-21-12-8-17(9-13-21)23-15-24(18-6-10-19(29)11-7-18)33(32-23)28-31-27(35)25(38-28)16-26(34)30-20-4-3-5-22(14-20)37-2/h3-14,24-25H,15-16H2,1-2H3,(H,30,34)/t24-,25-/m1/s1. The van der Waals surface area contributed by atoms with E-state index in [0.29, 0.717) is 28.0 Å². The molecule has 2 aliphatic heterocycles. The van der Waals surface area contributed by atoms with Crippen molar-refractivity contribution in [2.45, 2.75) is 24.1 Å². The molecule has 0 fully saturated rings. The molecule has 38 heavy (non-hydrogen) atoms. The predicted molar refractivity (Wildman–Crippen MR) is 150 cm³/mol. The SMILES string of the molecule is COc1ccc(C2=NN(C3=NC(=O)[C@@H](CC(=O)Nc4cccc(OC)c4)S3)[C@@H](c3ccc(Cl)cc3)C2)cc1. The van der Waals surface area contributed by atoms with Crippen molar-refractivity contribution in [2.24, 2.45) is 10.1 Å². The average molecular weight is 549 g/mol. The van der Waals surface area contributed by atoms with Crippen LogP contribution in [-0.4, -0.2) is 47.2 Å². The largest absolute Gasteiger partial charge is 0.497 e. The van der Waals surface area contributed by atoms with Crippen LogP contribution in [0, 0.1) is 0 Å². The maximum Gasteiger partial charge on any atom is 0.262 e. The third-order valence-corrected chi connectivity index (χ3v) is 7.63. The fraction of sp³-hybridized carbons (Fsp3) is 0.214. The van der Waals surface area contributed by atoms with Crippen LogP contribution in [0.1, 0.15) is 30.0 Å². The normalized spacial score (nSPS) is 18.7. The number of hydrogen-bond acceptors (Lipinski definition) is 7. The molecule has 5 rings (SSSR count). The molecule has 2 heterocycles. The van der Waals surface area contributed by atoms with Crippen LogP contribution in [-0.2, 0) is 9.59 Å². The number of carbonyl (C=O) groups is 2. The number of amides is 2. The monoisotopic (exact) mass is 548 g/mol. The van der Waals surface area contributed by atoms with Crippen LogP contribution in [0.15, 0.2) is 82.9 Å². The highest BCUT2D eigenvalue weighted by atomic mass is 35.5. The Kier molecular flexibility index (Phi) is 7.67. The number of hydrogen-bond donors (Lipinski definition) is 1. The van der Waals surface area contributed by atoms with Gasteiger partial charge in [0.05, 0.1) is 26.0 Å². The lowest BCUT2D eigenvalue weighted by molar-refractivity contribution is -0.121. The van der Waals surface area contributed by atoms with Gasteiger partial charge in [-0.25, -0.2) is 5.01 Å². The molecule has 0 saturated carbocycles. The van der Waals surface area contributed by atoms with Gasteiger partial charge in [0.1, 0.15) is 16.7 Å². The van der Waals surface area contributed by atoms with Gasteiger partial charge in [-0.1, -0.05) is 41.6 Å². The summed E-state index contributed by atoms with van der Waals surface area (Å²) in [7, 11) is 3.19. The topological polar surface area (TPSA) is 92.6 Å². The summed E-state index contributed by atoms with van der Waals surface area (Å²) >= 11 is 7.38. The fourth-order valence-corrected chi connectivity index (χ4v) is 5.46. The molecule has 1 N–H and O–H groups in total. The van der Waals surface area contributed by atoms with E-state index >= 15 is 0 Å². The minimum atomic E-state index is -0.637. The summed E-state index contributed by atoms with van der Waals surface area (Å²) in [5.74, 6) is 0.759. The molecule has 0 aliphatic carbocycles. The van der Waals surface area contributed by atoms with Gasteiger partial charge in [0.2, 0.25) is 5.91 Å². The molecule has 3 aromatic rings. The molecule has 2 atom stereocenters. The van der Waals surface area contributed by atoms with Crippen LogP contribution in [0.3, 0.4) is 0 Å². The summed E-state index contributed by atoms with van der Waals surface area (Å²) in [5, 5.41) is 9.95. The van der Waals surface area contributed by atoms with E-state index in [1.54, 1.807) is 43.5 Å². The van der Waals surface area contributed by atoms with Gasteiger partial charge >= 0.3 is 0 Å². The van der Waals surface area contributed by atoms with E-state index < -0.39 is 5.25 Å². The second-order valence-electron chi connectivity index (χ2n) is 8.71. The number of hydrazone groups is 1. The van der Waals surface area contributed by atoms with E-state index in [0.717, 1.165) is 22.6 Å². The van der Waals surface area contributed by atoms with Crippen LogP contribution in [0.5, 0.6) is 11.5 Å². The molecule has 2 aliphatic rings. The molecule has 0 saturated heterocycles. The van der Waals surface area contributed by atoms with Crippen molar-refractivity contribution in [3.63, 3.8) is 0 Å². The van der Waals surface area contributed by atoms with Gasteiger partial charge in [0.15, 0.2) is 5.17 Å². The number of halogens is 1. The molecule has 2 amide bonds. The number of benzene rings is 3. The minimum Gasteiger partial charge on any atom is -0.497 e. The van der Waals surface area contributed by atoms with Crippen molar-refractivity contribution >= 4 is 51.7 Å². The van der Waals surface area contributed by atoms with E-state index in [2.05, 4.69) is 10.3 Å². The third-order valence-electron chi connectivity index (χ3n) is 6.24. The highest BCUT2D eigenvalue weighted by molar-refractivity contribution is 8.15. The number of rotatable bonds is 7. The molecule has 194 valence electrons. The van der Waals surface area contributed by atoms with Crippen LogP contribution in [0.4, 0.5) is 5.69 Å². The molecule has 0 aromatic heterocycles. The van der Waals surface area contributed by atoms with Gasteiger partial charge in [0, 0.05) is 29.6 Å². The van der Waals surface area contributed by atoms with Crippen molar-refractivity contribution in [3.8, 4) is 11.5 Å². The first-order valence-corrected chi connectivity index (χ1v) is 13.2. The molecule has 8 nitrogen and oxygen atoms in total. The molecule has 3 aromatic carbocycles.